The second-order valence-electron chi connectivity index (χ2n) is 8.24. The molecule has 0 radical (unpaired) electrons. The summed E-state index contributed by atoms with van der Waals surface area (Å²) in [6.45, 7) is 0.880. The number of carbonyl (C=O) groups excluding carboxylic acids is 1. The van der Waals surface area contributed by atoms with Crippen molar-refractivity contribution in [1.29, 1.82) is 0 Å². The molecule has 3 aromatic carbocycles. The molecule has 1 aliphatic heterocycles. The zero-order valence-electron chi connectivity index (χ0n) is 18.8. The smallest absolute Gasteiger partial charge is 0.316 e. The quantitative estimate of drug-likeness (QED) is 0.523. The van der Waals surface area contributed by atoms with Crippen molar-refractivity contribution in [2.75, 3.05) is 18.2 Å². The second-order valence-corrected chi connectivity index (χ2v) is 10.3. The Kier molecular flexibility index (Phi) is 6.52. The first kappa shape index (κ1) is 22.6. The molecule has 0 aromatic heterocycles. The van der Waals surface area contributed by atoms with E-state index < -0.39 is 9.84 Å². The van der Waals surface area contributed by atoms with Crippen LogP contribution in [0.5, 0.6) is 0 Å². The number of hydrogen-bond donors (Lipinski definition) is 0. The number of anilines is 1. The molecule has 6 heteroatoms. The lowest BCUT2D eigenvalue weighted by Crippen LogP contribution is -2.44. The molecule has 0 N–H and O–H groups in total. The van der Waals surface area contributed by atoms with E-state index in [4.69, 9.17) is 0 Å². The highest BCUT2D eigenvalue weighted by Crippen LogP contribution is 2.29. The van der Waals surface area contributed by atoms with Crippen molar-refractivity contribution in [3.63, 3.8) is 0 Å². The van der Waals surface area contributed by atoms with E-state index in [0.717, 1.165) is 35.2 Å². The van der Waals surface area contributed by atoms with Gasteiger partial charge in [-0.15, -0.1) is 0 Å². The van der Waals surface area contributed by atoms with Crippen LogP contribution in [0.15, 0.2) is 77.7 Å². The summed E-state index contributed by atoms with van der Waals surface area (Å²) >= 11 is 0. The first-order chi connectivity index (χ1) is 15.8. The third-order valence-corrected chi connectivity index (χ3v) is 6.83. The van der Waals surface area contributed by atoms with E-state index in [-0.39, 0.29) is 10.9 Å². The minimum absolute atomic E-state index is 0.0867. The van der Waals surface area contributed by atoms with Gasteiger partial charge in [0.15, 0.2) is 9.84 Å². The number of hydrogen-bond acceptors (Lipinski definition) is 3. The van der Waals surface area contributed by atoms with E-state index in [0.29, 0.717) is 13.1 Å². The molecule has 0 spiro atoms. The molecule has 0 atom stereocenters. The van der Waals surface area contributed by atoms with Gasteiger partial charge in [0.25, 0.3) is 0 Å². The number of fused-ring (bicyclic) bond motifs is 1. The van der Waals surface area contributed by atoms with Crippen LogP contribution in [0.2, 0.25) is 0 Å². The summed E-state index contributed by atoms with van der Waals surface area (Å²) in [5.74, 6) is 6.50. The zero-order chi connectivity index (χ0) is 23.4. The highest BCUT2D eigenvalue weighted by Gasteiger charge is 2.27. The number of amides is 2. The molecule has 0 fully saturated rings. The van der Waals surface area contributed by atoms with Gasteiger partial charge in [-0.3, -0.25) is 4.90 Å². The maximum atomic E-state index is 12.9. The molecule has 168 valence electrons. The van der Waals surface area contributed by atoms with Crippen LogP contribution in [-0.2, 0) is 29.3 Å². The van der Waals surface area contributed by atoms with Crippen LogP contribution in [-0.4, -0.2) is 32.7 Å². The number of nitrogens with zero attached hydrogens (tertiary/aromatic N) is 2. The number of benzene rings is 3. The average molecular weight is 459 g/mol. The molecule has 0 aliphatic carbocycles. The van der Waals surface area contributed by atoms with Crippen LogP contribution in [0.4, 0.5) is 10.5 Å². The molecule has 0 unspecified atom stereocenters. The lowest BCUT2D eigenvalue weighted by atomic mass is 10.0. The first-order valence-corrected chi connectivity index (χ1v) is 12.7. The Hall–Kier alpha value is -3.56. The Morgan fingerprint density at radius 3 is 2.36 bits per heavy atom. The van der Waals surface area contributed by atoms with E-state index in [9.17, 15) is 13.2 Å². The van der Waals surface area contributed by atoms with Crippen LogP contribution in [0.1, 0.15) is 28.7 Å². The predicted octanol–water partition coefficient (Wildman–Crippen LogP) is 4.65. The van der Waals surface area contributed by atoms with Crippen molar-refractivity contribution in [2.45, 2.75) is 30.8 Å². The van der Waals surface area contributed by atoms with Gasteiger partial charge in [-0.05, 0) is 53.4 Å². The number of carbonyl (C=O) groups is 1. The maximum Gasteiger partial charge on any atom is 0.324 e. The predicted molar refractivity (Wildman–Crippen MR) is 131 cm³/mol. The fourth-order valence-electron chi connectivity index (χ4n) is 3.91. The van der Waals surface area contributed by atoms with E-state index in [1.807, 2.05) is 36.4 Å². The monoisotopic (exact) mass is 458 g/mol. The van der Waals surface area contributed by atoms with Gasteiger partial charge in [0.05, 0.1) is 10.6 Å². The number of sulfone groups is 1. The fraction of sp³-hybridized carbons (Fsp3) is 0.222. The van der Waals surface area contributed by atoms with Crippen molar-refractivity contribution >= 4 is 21.6 Å². The van der Waals surface area contributed by atoms with Gasteiger partial charge in [0.1, 0.15) is 0 Å². The van der Waals surface area contributed by atoms with Gasteiger partial charge in [0, 0.05) is 38.4 Å². The van der Waals surface area contributed by atoms with E-state index >= 15 is 0 Å². The third-order valence-electron chi connectivity index (χ3n) is 5.70. The average Bonchev–Trinajstić information content (AvgIpc) is 2.80. The summed E-state index contributed by atoms with van der Waals surface area (Å²) < 4.78 is 23.4. The van der Waals surface area contributed by atoms with E-state index in [2.05, 4.69) is 24.0 Å². The molecular weight excluding hydrogens is 432 g/mol. The Bertz CT molecular complexity index is 1320. The van der Waals surface area contributed by atoms with E-state index in [1.165, 1.54) is 11.8 Å². The van der Waals surface area contributed by atoms with Gasteiger partial charge in [0.2, 0.25) is 0 Å². The van der Waals surface area contributed by atoms with Crippen molar-refractivity contribution in [2.24, 2.45) is 0 Å². The van der Waals surface area contributed by atoms with Crippen LogP contribution in [0.3, 0.4) is 0 Å². The second kappa shape index (κ2) is 9.51. The lowest BCUT2D eigenvalue weighted by molar-refractivity contribution is 0.197. The zero-order valence-corrected chi connectivity index (χ0v) is 19.6. The Labute approximate surface area is 195 Å². The minimum atomic E-state index is -3.24. The molecule has 0 saturated carbocycles. The van der Waals surface area contributed by atoms with Gasteiger partial charge in [-0.25, -0.2) is 13.2 Å². The summed E-state index contributed by atoms with van der Waals surface area (Å²) in [5.41, 5.74) is 5.02. The number of urea groups is 1. The summed E-state index contributed by atoms with van der Waals surface area (Å²) in [6.07, 6.45) is 2.89. The molecule has 5 nitrogen and oxygen atoms in total. The molecular formula is C27H26N2O3S. The van der Waals surface area contributed by atoms with Crippen molar-refractivity contribution in [3.8, 4) is 11.8 Å². The van der Waals surface area contributed by atoms with Gasteiger partial charge in [-0.1, -0.05) is 54.3 Å². The highest BCUT2D eigenvalue weighted by molar-refractivity contribution is 7.90. The molecule has 0 saturated heterocycles. The van der Waals surface area contributed by atoms with E-state index in [1.54, 1.807) is 41.1 Å². The van der Waals surface area contributed by atoms with Gasteiger partial charge >= 0.3 is 6.03 Å². The summed E-state index contributed by atoms with van der Waals surface area (Å²) in [5, 5.41) is 0. The maximum absolute atomic E-state index is 12.9. The minimum Gasteiger partial charge on any atom is -0.316 e. The van der Waals surface area contributed by atoms with Crippen LogP contribution >= 0.6 is 0 Å². The lowest BCUT2D eigenvalue weighted by Gasteiger charge is -2.35. The molecule has 1 heterocycles. The van der Waals surface area contributed by atoms with Crippen LogP contribution in [0.25, 0.3) is 0 Å². The highest BCUT2D eigenvalue weighted by atomic mass is 32.2. The SMILES string of the molecule is CN1C(=O)N(Cc2ccc(S(C)(=O)=O)cc2)Cc2cc(C#CCCc3ccccc3)ccc21. The first-order valence-electron chi connectivity index (χ1n) is 10.8. The van der Waals surface area contributed by atoms with Gasteiger partial charge < -0.3 is 4.90 Å². The fourth-order valence-corrected chi connectivity index (χ4v) is 4.54. The molecule has 3 aromatic rings. The molecule has 33 heavy (non-hydrogen) atoms. The molecule has 0 bridgehead atoms. The standard InChI is InChI=1S/C27H26N2O3S/c1-28-26-17-14-22(11-7-6-10-21-8-4-3-5-9-21)18-24(26)20-29(27(28)30)19-23-12-15-25(16-13-23)33(2,31)32/h3-5,8-9,12-18H,6,10,19-20H2,1-2H3. The topological polar surface area (TPSA) is 57.7 Å². The van der Waals surface area contributed by atoms with Gasteiger partial charge in [-0.2, -0.15) is 0 Å². The van der Waals surface area contributed by atoms with Crippen molar-refractivity contribution in [3.05, 3.63) is 95.1 Å². The summed E-state index contributed by atoms with van der Waals surface area (Å²) in [4.78, 5) is 16.6. The number of aryl methyl sites for hydroxylation is 1. The largest absolute Gasteiger partial charge is 0.324 e. The van der Waals surface area contributed by atoms with Crippen molar-refractivity contribution in [1.82, 2.24) is 4.90 Å². The Balaban J connectivity index is 1.47. The Morgan fingerprint density at radius 2 is 1.67 bits per heavy atom. The summed E-state index contributed by atoms with van der Waals surface area (Å²) in [7, 11) is -1.48. The van der Waals surface area contributed by atoms with Crippen LogP contribution < -0.4 is 4.90 Å². The Morgan fingerprint density at radius 1 is 0.939 bits per heavy atom. The molecule has 4 rings (SSSR count). The number of rotatable bonds is 5. The molecule has 1 aliphatic rings. The van der Waals surface area contributed by atoms with Crippen molar-refractivity contribution < 1.29 is 13.2 Å². The normalized spacial score (nSPS) is 13.3. The van der Waals surface area contributed by atoms with Crippen LogP contribution in [0, 0.1) is 11.8 Å². The third kappa shape index (κ3) is 5.44. The summed E-state index contributed by atoms with van der Waals surface area (Å²) in [6, 6.07) is 22.9. The molecule has 2 amide bonds.